The van der Waals surface area contributed by atoms with Crippen molar-refractivity contribution in [2.24, 2.45) is 5.73 Å². The van der Waals surface area contributed by atoms with Gasteiger partial charge < -0.3 is 5.73 Å². The highest BCUT2D eigenvalue weighted by atomic mass is 79.9. The lowest BCUT2D eigenvalue weighted by molar-refractivity contribution is 0.623. The van der Waals surface area contributed by atoms with Crippen molar-refractivity contribution in [1.29, 1.82) is 0 Å². The van der Waals surface area contributed by atoms with Crippen molar-refractivity contribution >= 4 is 27.7 Å². The van der Waals surface area contributed by atoms with E-state index in [2.05, 4.69) is 34.1 Å². The molecule has 0 saturated heterocycles. The first-order chi connectivity index (χ1) is 6.81. The number of nitrogens with two attached hydrogens (primary N) is 1. The first-order valence-electron chi connectivity index (χ1n) is 4.93. The van der Waals surface area contributed by atoms with E-state index in [0.29, 0.717) is 5.92 Å². The maximum atomic E-state index is 5.81. The highest BCUT2D eigenvalue weighted by Crippen LogP contribution is 2.36. The van der Waals surface area contributed by atoms with E-state index in [1.807, 2.05) is 11.8 Å². The maximum Gasteiger partial charge on any atom is 0.0178 e. The molecule has 0 saturated carbocycles. The summed E-state index contributed by atoms with van der Waals surface area (Å²) in [5.74, 6) is 1.78. The molecule has 1 unspecified atom stereocenters. The van der Waals surface area contributed by atoms with E-state index in [0.717, 1.165) is 11.0 Å². The van der Waals surface area contributed by atoms with Crippen molar-refractivity contribution in [2.45, 2.75) is 23.7 Å². The van der Waals surface area contributed by atoms with E-state index in [-0.39, 0.29) is 0 Å². The van der Waals surface area contributed by atoms with Gasteiger partial charge in [0.15, 0.2) is 0 Å². The molecule has 0 aromatic heterocycles. The normalized spacial score (nSPS) is 21.4. The molecule has 0 fully saturated rings. The molecule has 0 radical (unpaired) electrons. The Labute approximate surface area is 97.6 Å². The first kappa shape index (κ1) is 10.5. The number of rotatable bonds is 1. The van der Waals surface area contributed by atoms with Crippen LogP contribution in [0.1, 0.15) is 24.3 Å². The number of hydrogen-bond acceptors (Lipinski definition) is 2. The van der Waals surface area contributed by atoms with Crippen LogP contribution in [0.3, 0.4) is 0 Å². The van der Waals surface area contributed by atoms with E-state index in [1.54, 1.807) is 0 Å². The van der Waals surface area contributed by atoms with E-state index >= 15 is 0 Å². The van der Waals surface area contributed by atoms with Crippen LogP contribution >= 0.6 is 27.7 Å². The van der Waals surface area contributed by atoms with E-state index < -0.39 is 0 Å². The predicted molar refractivity (Wildman–Crippen MR) is 65.9 cm³/mol. The number of hydrogen-bond donors (Lipinski definition) is 1. The summed E-state index contributed by atoms with van der Waals surface area (Å²) in [5, 5.41) is 0. The summed E-state index contributed by atoms with van der Waals surface area (Å²) in [5.41, 5.74) is 7.25. The Kier molecular flexibility index (Phi) is 3.52. The van der Waals surface area contributed by atoms with Crippen LogP contribution in [0.5, 0.6) is 0 Å². The SMILES string of the molecule is NCC1CCCSc2ccc(Br)cc21. The summed E-state index contributed by atoms with van der Waals surface area (Å²) in [7, 11) is 0. The minimum absolute atomic E-state index is 0.553. The minimum Gasteiger partial charge on any atom is -0.330 e. The van der Waals surface area contributed by atoms with Gasteiger partial charge in [0.25, 0.3) is 0 Å². The van der Waals surface area contributed by atoms with Gasteiger partial charge in [-0.1, -0.05) is 15.9 Å². The zero-order valence-electron chi connectivity index (χ0n) is 8.00. The highest BCUT2D eigenvalue weighted by Gasteiger charge is 2.17. The number of fused-ring (bicyclic) bond motifs is 1. The van der Waals surface area contributed by atoms with Crippen LogP contribution in [0.4, 0.5) is 0 Å². The van der Waals surface area contributed by atoms with Gasteiger partial charge in [0, 0.05) is 9.37 Å². The van der Waals surface area contributed by atoms with Crippen molar-refractivity contribution in [1.82, 2.24) is 0 Å². The van der Waals surface area contributed by atoms with Crippen LogP contribution in [0.25, 0.3) is 0 Å². The molecule has 0 amide bonds. The van der Waals surface area contributed by atoms with Crippen molar-refractivity contribution in [2.75, 3.05) is 12.3 Å². The third kappa shape index (κ3) is 2.15. The molecular formula is C11H14BrNS. The van der Waals surface area contributed by atoms with E-state index in [4.69, 9.17) is 5.73 Å². The highest BCUT2D eigenvalue weighted by molar-refractivity contribution is 9.10. The molecule has 2 N–H and O–H groups in total. The molecule has 14 heavy (non-hydrogen) atoms. The molecule has 1 aliphatic rings. The van der Waals surface area contributed by atoms with Crippen molar-refractivity contribution < 1.29 is 0 Å². The molecule has 0 aliphatic carbocycles. The molecule has 0 spiro atoms. The fourth-order valence-corrected chi connectivity index (χ4v) is 3.35. The van der Waals surface area contributed by atoms with Crippen LogP contribution in [-0.4, -0.2) is 12.3 Å². The van der Waals surface area contributed by atoms with Gasteiger partial charge in [-0.05, 0) is 54.8 Å². The second kappa shape index (κ2) is 4.69. The lowest BCUT2D eigenvalue weighted by Crippen LogP contribution is -2.12. The Morgan fingerprint density at radius 2 is 2.36 bits per heavy atom. The number of halogens is 1. The first-order valence-corrected chi connectivity index (χ1v) is 6.71. The van der Waals surface area contributed by atoms with Gasteiger partial charge in [-0.2, -0.15) is 0 Å². The van der Waals surface area contributed by atoms with Gasteiger partial charge in [-0.15, -0.1) is 11.8 Å². The fourth-order valence-electron chi connectivity index (χ4n) is 1.88. The zero-order chi connectivity index (χ0) is 9.97. The van der Waals surface area contributed by atoms with Crippen LogP contribution in [0.15, 0.2) is 27.6 Å². The van der Waals surface area contributed by atoms with Crippen LogP contribution in [-0.2, 0) is 0 Å². The molecule has 2 rings (SSSR count). The molecule has 76 valence electrons. The quantitative estimate of drug-likeness (QED) is 0.848. The smallest absolute Gasteiger partial charge is 0.0178 e. The van der Waals surface area contributed by atoms with Crippen molar-refractivity contribution in [3.8, 4) is 0 Å². The minimum atomic E-state index is 0.553. The molecule has 1 aromatic rings. The second-order valence-electron chi connectivity index (χ2n) is 3.61. The lowest BCUT2D eigenvalue weighted by Gasteiger charge is -2.14. The Balaban J connectivity index is 2.40. The standard InChI is InChI=1S/C11H14BrNS/c12-9-3-4-11-10(6-9)8(7-13)2-1-5-14-11/h3-4,6,8H,1-2,5,7,13H2. The summed E-state index contributed by atoms with van der Waals surface area (Å²) >= 11 is 5.48. The van der Waals surface area contributed by atoms with Crippen LogP contribution in [0, 0.1) is 0 Å². The van der Waals surface area contributed by atoms with Gasteiger partial charge in [-0.25, -0.2) is 0 Å². The average molecular weight is 272 g/mol. The summed E-state index contributed by atoms with van der Waals surface area (Å²) in [4.78, 5) is 1.42. The number of benzene rings is 1. The van der Waals surface area contributed by atoms with E-state index in [9.17, 15) is 0 Å². The Morgan fingerprint density at radius 3 is 3.14 bits per heavy atom. The molecule has 1 aliphatic heterocycles. The predicted octanol–water partition coefficient (Wildman–Crippen LogP) is 3.38. The third-order valence-electron chi connectivity index (χ3n) is 2.65. The van der Waals surface area contributed by atoms with E-state index in [1.165, 1.54) is 29.1 Å². The molecule has 3 heteroatoms. The largest absolute Gasteiger partial charge is 0.330 e. The van der Waals surface area contributed by atoms with Gasteiger partial charge >= 0.3 is 0 Å². The third-order valence-corrected chi connectivity index (χ3v) is 4.32. The van der Waals surface area contributed by atoms with Crippen LogP contribution in [0.2, 0.25) is 0 Å². The fraction of sp³-hybridized carbons (Fsp3) is 0.455. The molecule has 1 atom stereocenters. The van der Waals surface area contributed by atoms with Gasteiger partial charge in [0.05, 0.1) is 0 Å². The molecule has 0 bridgehead atoms. The molecular weight excluding hydrogens is 258 g/mol. The summed E-state index contributed by atoms with van der Waals surface area (Å²) in [6.07, 6.45) is 2.51. The summed E-state index contributed by atoms with van der Waals surface area (Å²) in [6, 6.07) is 6.55. The topological polar surface area (TPSA) is 26.0 Å². The molecule has 1 aromatic carbocycles. The summed E-state index contributed by atoms with van der Waals surface area (Å²) < 4.78 is 1.16. The van der Waals surface area contributed by atoms with Crippen molar-refractivity contribution in [3.63, 3.8) is 0 Å². The van der Waals surface area contributed by atoms with Gasteiger partial charge in [-0.3, -0.25) is 0 Å². The Bertz CT molecular complexity index is 327. The van der Waals surface area contributed by atoms with Crippen molar-refractivity contribution in [3.05, 3.63) is 28.2 Å². The lowest BCUT2D eigenvalue weighted by atomic mass is 9.95. The summed E-state index contributed by atoms with van der Waals surface area (Å²) in [6.45, 7) is 0.768. The molecule has 1 heterocycles. The van der Waals surface area contributed by atoms with Crippen LogP contribution < -0.4 is 5.73 Å². The van der Waals surface area contributed by atoms with Gasteiger partial charge in [0.1, 0.15) is 0 Å². The average Bonchev–Trinajstić information content (AvgIpc) is 2.39. The zero-order valence-corrected chi connectivity index (χ0v) is 10.4. The Hall–Kier alpha value is 0.01000. The van der Waals surface area contributed by atoms with Gasteiger partial charge in [0.2, 0.25) is 0 Å². The second-order valence-corrected chi connectivity index (χ2v) is 5.66. The maximum absolute atomic E-state index is 5.81. The Morgan fingerprint density at radius 1 is 1.50 bits per heavy atom. The monoisotopic (exact) mass is 271 g/mol. The molecule has 1 nitrogen and oxygen atoms in total. The number of thioether (sulfide) groups is 1.